The summed E-state index contributed by atoms with van der Waals surface area (Å²) in [6.07, 6.45) is 7.50. The third-order valence-electron chi connectivity index (χ3n) is 6.60. The molecule has 0 bridgehead atoms. The minimum atomic E-state index is -0.661. The van der Waals surface area contributed by atoms with Crippen molar-refractivity contribution < 1.29 is 19.4 Å². The summed E-state index contributed by atoms with van der Waals surface area (Å²) < 4.78 is 12.6. The molecule has 1 amide bonds. The van der Waals surface area contributed by atoms with Crippen molar-refractivity contribution in [2.45, 2.75) is 71.2 Å². The molecule has 4 rings (SSSR count). The molecule has 0 unspecified atom stereocenters. The first-order chi connectivity index (χ1) is 15.0. The zero-order valence-corrected chi connectivity index (χ0v) is 18.2. The van der Waals surface area contributed by atoms with Gasteiger partial charge in [0, 0.05) is 25.5 Å². The van der Waals surface area contributed by atoms with Crippen LogP contribution in [-0.2, 0) is 16.0 Å². The molecule has 1 spiro atoms. The van der Waals surface area contributed by atoms with Gasteiger partial charge in [-0.25, -0.2) is 4.98 Å². The Bertz CT molecular complexity index is 998. The SMILES string of the molecule is CCOC(Cn1c(=O)c(C(=O)NC2CCC3(CC2)CC3)c(O)c2cccnc21)OCC. The first-order valence-electron chi connectivity index (χ1n) is 11.2. The number of hydrogen-bond donors (Lipinski definition) is 2. The summed E-state index contributed by atoms with van der Waals surface area (Å²) in [5.74, 6) is -0.871. The Hall–Kier alpha value is -2.45. The number of fused-ring (bicyclic) bond motifs is 1. The molecular weight excluding hydrogens is 398 g/mol. The van der Waals surface area contributed by atoms with Gasteiger partial charge in [0.15, 0.2) is 6.29 Å². The van der Waals surface area contributed by atoms with Gasteiger partial charge in [0.1, 0.15) is 17.0 Å². The van der Waals surface area contributed by atoms with E-state index in [1.54, 1.807) is 18.3 Å². The number of nitrogens with one attached hydrogen (secondary N) is 1. The second kappa shape index (κ2) is 8.96. The number of aromatic nitrogens is 2. The summed E-state index contributed by atoms with van der Waals surface area (Å²) in [6, 6.07) is 3.34. The standard InChI is InChI=1S/C23H31N3O5/c1-3-30-17(31-4-2)14-26-20-16(6-5-13-24-20)19(27)18(22(26)29)21(28)25-15-7-9-23(10-8-15)11-12-23/h5-6,13,15,17,27H,3-4,7-12,14H2,1-2H3,(H,25,28). The maximum Gasteiger partial charge on any atom is 0.269 e. The van der Waals surface area contributed by atoms with Gasteiger partial charge in [-0.2, -0.15) is 0 Å². The number of carbonyl (C=O) groups is 1. The van der Waals surface area contributed by atoms with Gasteiger partial charge in [-0.15, -0.1) is 0 Å². The maximum atomic E-state index is 13.3. The minimum Gasteiger partial charge on any atom is -0.506 e. The van der Waals surface area contributed by atoms with Crippen LogP contribution in [0.15, 0.2) is 23.1 Å². The lowest BCUT2D eigenvalue weighted by Crippen LogP contribution is -2.42. The topological polar surface area (TPSA) is 103 Å². The average molecular weight is 430 g/mol. The number of carbonyl (C=O) groups excluding carboxylic acids is 1. The van der Waals surface area contributed by atoms with Gasteiger partial charge in [-0.05, 0) is 69.9 Å². The van der Waals surface area contributed by atoms with Crippen molar-refractivity contribution >= 4 is 16.9 Å². The molecule has 0 aliphatic heterocycles. The van der Waals surface area contributed by atoms with E-state index in [0.717, 1.165) is 25.7 Å². The number of pyridine rings is 2. The monoisotopic (exact) mass is 429 g/mol. The predicted molar refractivity (Wildman–Crippen MR) is 116 cm³/mol. The van der Waals surface area contributed by atoms with Gasteiger partial charge in [-0.1, -0.05) is 0 Å². The van der Waals surface area contributed by atoms with Crippen LogP contribution < -0.4 is 10.9 Å². The highest BCUT2D eigenvalue weighted by Crippen LogP contribution is 2.56. The van der Waals surface area contributed by atoms with Crippen LogP contribution in [0.25, 0.3) is 11.0 Å². The second-order valence-electron chi connectivity index (χ2n) is 8.60. The van der Waals surface area contributed by atoms with Gasteiger partial charge in [0.05, 0.1) is 11.9 Å². The van der Waals surface area contributed by atoms with Crippen molar-refractivity contribution in [2.24, 2.45) is 5.41 Å². The van der Waals surface area contributed by atoms with Gasteiger partial charge >= 0.3 is 0 Å². The lowest BCUT2D eigenvalue weighted by molar-refractivity contribution is -0.143. The summed E-state index contributed by atoms with van der Waals surface area (Å²) in [7, 11) is 0. The van der Waals surface area contributed by atoms with Crippen LogP contribution in [0.1, 0.15) is 62.7 Å². The summed E-state index contributed by atoms with van der Waals surface area (Å²) in [5.41, 5.74) is -0.0449. The first-order valence-corrected chi connectivity index (χ1v) is 11.2. The summed E-state index contributed by atoms with van der Waals surface area (Å²) in [4.78, 5) is 30.7. The molecule has 8 heteroatoms. The van der Waals surface area contributed by atoms with Crippen LogP contribution in [-0.4, -0.2) is 46.1 Å². The quantitative estimate of drug-likeness (QED) is 0.626. The Morgan fingerprint density at radius 3 is 2.55 bits per heavy atom. The highest BCUT2D eigenvalue weighted by molar-refractivity contribution is 6.01. The van der Waals surface area contributed by atoms with E-state index in [0.29, 0.717) is 29.7 Å². The highest BCUT2D eigenvalue weighted by Gasteiger charge is 2.45. The lowest BCUT2D eigenvalue weighted by Gasteiger charge is -2.29. The van der Waals surface area contributed by atoms with E-state index < -0.39 is 17.8 Å². The molecule has 2 N–H and O–H groups in total. The molecule has 2 aromatic rings. The second-order valence-corrected chi connectivity index (χ2v) is 8.60. The van der Waals surface area contributed by atoms with Gasteiger partial charge in [0.25, 0.3) is 11.5 Å². The Labute approximate surface area is 181 Å². The van der Waals surface area contributed by atoms with Crippen LogP contribution in [0.3, 0.4) is 0 Å². The molecule has 0 saturated heterocycles. The molecule has 168 valence electrons. The van der Waals surface area contributed by atoms with Crippen molar-refractivity contribution in [3.8, 4) is 5.75 Å². The number of aromatic hydroxyl groups is 1. The van der Waals surface area contributed by atoms with Crippen LogP contribution in [0.2, 0.25) is 0 Å². The molecule has 2 aromatic heterocycles. The Kier molecular flexibility index (Phi) is 6.29. The van der Waals surface area contributed by atoms with Crippen LogP contribution in [0, 0.1) is 5.41 Å². The van der Waals surface area contributed by atoms with E-state index in [4.69, 9.17) is 9.47 Å². The molecule has 8 nitrogen and oxygen atoms in total. The number of nitrogens with zero attached hydrogens (tertiary/aromatic N) is 2. The molecule has 0 atom stereocenters. The fraction of sp³-hybridized carbons (Fsp3) is 0.609. The van der Waals surface area contributed by atoms with E-state index in [-0.39, 0.29) is 23.9 Å². The Morgan fingerprint density at radius 2 is 1.94 bits per heavy atom. The lowest BCUT2D eigenvalue weighted by atomic mass is 9.83. The molecule has 2 saturated carbocycles. The normalized spacial score (nSPS) is 18.0. The zero-order valence-electron chi connectivity index (χ0n) is 18.2. The van der Waals surface area contributed by atoms with E-state index in [2.05, 4.69) is 10.3 Å². The summed E-state index contributed by atoms with van der Waals surface area (Å²) in [5, 5.41) is 14.1. The molecule has 2 heterocycles. The van der Waals surface area contributed by atoms with Crippen LogP contribution in [0.4, 0.5) is 0 Å². The van der Waals surface area contributed by atoms with Crippen molar-refractivity contribution in [1.82, 2.24) is 14.9 Å². The van der Waals surface area contributed by atoms with Gasteiger partial charge in [0.2, 0.25) is 0 Å². The third-order valence-corrected chi connectivity index (χ3v) is 6.60. The number of amides is 1. The van der Waals surface area contributed by atoms with Crippen LogP contribution >= 0.6 is 0 Å². The van der Waals surface area contributed by atoms with Crippen molar-refractivity contribution in [3.63, 3.8) is 0 Å². The molecule has 0 aromatic carbocycles. The zero-order chi connectivity index (χ0) is 22.0. The smallest absolute Gasteiger partial charge is 0.269 e. The molecule has 2 aliphatic rings. The van der Waals surface area contributed by atoms with Gasteiger partial charge in [-0.3, -0.25) is 14.2 Å². The fourth-order valence-electron chi connectivity index (χ4n) is 4.62. The average Bonchev–Trinajstić information content (AvgIpc) is 3.52. The predicted octanol–water partition coefficient (Wildman–Crippen LogP) is 2.95. The van der Waals surface area contributed by atoms with Crippen molar-refractivity contribution in [1.29, 1.82) is 0 Å². The number of rotatable bonds is 8. The van der Waals surface area contributed by atoms with E-state index in [9.17, 15) is 14.7 Å². The van der Waals surface area contributed by atoms with Crippen molar-refractivity contribution in [3.05, 3.63) is 34.2 Å². The molecule has 2 fully saturated rings. The molecule has 0 radical (unpaired) electrons. The van der Waals surface area contributed by atoms with E-state index in [1.165, 1.54) is 17.4 Å². The molecule has 31 heavy (non-hydrogen) atoms. The highest BCUT2D eigenvalue weighted by atomic mass is 16.7. The fourth-order valence-corrected chi connectivity index (χ4v) is 4.62. The molecular formula is C23H31N3O5. The molecule has 2 aliphatic carbocycles. The largest absolute Gasteiger partial charge is 0.506 e. The summed E-state index contributed by atoms with van der Waals surface area (Å²) in [6.45, 7) is 4.59. The van der Waals surface area contributed by atoms with Crippen molar-refractivity contribution in [2.75, 3.05) is 13.2 Å². The maximum absolute atomic E-state index is 13.3. The Balaban J connectivity index is 1.66. The third kappa shape index (κ3) is 4.45. The van der Waals surface area contributed by atoms with E-state index in [1.807, 2.05) is 13.8 Å². The first kappa shape index (κ1) is 21.8. The minimum absolute atomic E-state index is 0.0233. The van der Waals surface area contributed by atoms with E-state index >= 15 is 0 Å². The Morgan fingerprint density at radius 1 is 1.26 bits per heavy atom. The number of hydrogen-bond acceptors (Lipinski definition) is 6. The van der Waals surface area contributed by atoms with Crippen LogP contribution in [0.5, 0.6) is 5.75 Å². The number of ether oxygens (including phenoxy) is 2. The van der Waals surface area contributed by atoms with Gasteiger partial charge < -0.3 is 19.9 Å². The summed E-state index contributed by atoms with van der Waals surface area (Å²) >= 11 is 0.